The average molecular weight is 309 g/mol. The van der Waals surface area contributed by atoms with Crippen molar-refractivity contribution < 1.29 is 8.42 Å². The maximum atomic E-state index is 12.5. The number of hydrogen-bond acceptors (Lipinski definition) is 3. The van der Waals surface area contributed by atoms with Gasteiger partial charge in [-0.3, -0.25) is 4.90 Å². The molecule has 6 heteroatoms. The Labute approximate surface area is 127 Å². The molecule has 0 aromatic heterocycles. The van der Waals surface area contributed by atoms with E-state index in [1.807, 2.05) is 18.2 Å². The van der Waals surface area contributed by atoms with Crippen LogP contribution in [0.3, 0.4) is 0 Å². The van der Waals surface area contributed by atoms with Crippen molar-refractivity contribution in [1.29, 1.82) is 0 Å². The smallest absolute Gasteiger partial charge is 0.282 e. The van der Waals surface area contributed by atoms with E-state index in [4.69, 9.17) is 0 Å². The number of piperazine rings is 1. The van der Waals surface area contributed by atoms with Gasteiger partial charge in [0.1, 0.15) is 0 Å². The molecule has 116 valence electrons. The van der Waals surface area contributed by atoms with Gasteiger partial charge in [-0.05, 0) is 18.4 Å². The predicted octanol–water partition coefficient (Wildman–Crippen LogP) is 1.14. The van der Waals surface area contributed by atoms with Gasteiger partial charge < -0.3 is 0 Å². The third-order valence-electron chi connectivity index (χ3n) is 4.30. The van der Waals surface area contributed by atoms with Gasteiger partial charge >= 0.3 is 0 Å². The Morgan fingerprint density at radius 3 is 2.00 bits per heavy atom. The van der Waals surface area contributed by atoms with Crippen molar-refractivity contribution >= 4 is 10.2 Å². The van der Waals surface area contributed by atoms with Gasteiger partial charge in [0.25, 0.3) is 10.2 Å². The molecular weight excluding hydrogens is 286 g/mol. The standard InChI is InChI=1S/C15H23N3O2S/c19-21(20,17-8-4-5-9-17)18-12-10-16(11-13-18)14-15-6-2-1-3-7-15/h1-3,6-7H,4-5,8-14H2. The molecule has 5 nitrogen and oxygen atoms in total. The summed E-state index contributed by atoms with van der Waals surface area (Å²) in [4.78, 5) is 2.32. The van der Waals surface area contributed by atoms with Crippen molar-refractivity contribution in [3.05, 3.63) is 35.9 Å². The van der Waals surface area contributed by atoms with Gasteiger partial charge in [-0.1, -0.05) is 30.3 Å². The van der Waals surface area contributed by atoms with E-state index in [2.05, 4.69) is 17.0 Å². The second-order valence-electron chi connectivity index (χ2n) is 5.77. The van der Waals surface area contributed by atoms with E-state index in [9.17, 15) is 8.42 Å². The molecule has 2 heterocycles. The van der Waals surface area contributed by atoms with Gasteiger partial charge in [0.2, 0.25) is 0 Å². The topological polar surface area (TPSA) is 43.9 Å². The summed E-state index contributed by atoms with van der Waals surface area (Å²) in [7, 11) is -3.22. The highest BCUT2D eigenvalue weighted by Crippen LogP contribution is 2.18. The Bertz CT molecular complexity index is 548. The Balaban J connectivity index is 1.55. The second-order valence-corrected chi connectivity index (χ2v) is 7.70. The lowest BCUT2D eigenvalue weighted by atomic mass is 10.2. The third kappa shape index (κ3) is 3.45. The molecule has 2 fully saturated rings. The lowest BCUT2D eigenvalue weighted by Crippen LogP contribution is -2.52. The second kappa shape index (κ2) is 6.44. The third-order valence-corrected chi connectivity index (χ3v) is 6.33. The first-order chi connectivity index (χ1) is 10.2. The van der Waals surface area contributed by atoms with E-state index in [0.29, 0.717) is 26.2 Å². The number of benzene rings is 1. The fourth-order valence-corrected chi connectivity index (χ4v) is 4.71. The van der Waals surface area contributed by atoms with E-state index < -0.39 is 10.2 Å². The largest absolute Gasteiger partial charge is 0.296 e. The van der Waals surface area contributed by atoms with Crippen LogP contribution >= 0.6 is 0 Å². The summed E-state index contributed by atoms with van der Waals surface area (Å²) in [5.41, 5.74) is 1.29. The summed E-state index contributed by atoms with van der Waals surface area (Å²) in [6, 6.07) is 10.3. The minimum absolute atomic E-state index is 0.603. The van der Waals surface area contributed by atoms with Crippen molar-refractivity contribution in [1.82, 2.24) is 13.5 Å². The molecule has 0 spiro atoms. The van der Waals surface area contributed by atoms with Gasteiger partial charge in [0.15, 0.2) is 0 Å². The summed E-state index contributed by atoms with van der Waals surface area (Å²) in [6.45, 7) is 5.10. The van der Waals surface area contributed by atoms with Crippen LogP contribution in [0.4, 0.5) is 0 Å². The molecule has 0 N–H and O–H groups in total. The zero-order valence-electron chi connectivity index (χ0n) is 12.3. The van der Waals surface area contributed by atoms with Crippen molar-refractivity contribution in [2.45, 2.75) is 19.4 Å². The van der Waals surface area contributed by atoms with Crippen LogP contribution in [0, 0.1) is 0 Å². The van der Waals surface area contributed by atoms with Gasteiger partial charge in [-0.15, -0.1) is 0 Å². The molecule has 0 unspecified atom stereocenters. The van der Waals surface area contributed by atoms with Crippen LogP contribution in [0.5, 0.6) is 0 Å². The van der Waals surface area contributed by atoms with Crippen LogP contribution in [0.1, 0.15) is 18.4 Å². The van der Waals surface area contributed by atoms with Gasteiger partial charge in [0, 0.05) is 45.8 Å². The number of rotatable bonds is 4. The summed E-state index contributed by atoms with van der Waals surface area (Å²) in [6.07, 6.45) is 1.99. The van der Waals surface area contributed by atoms with Crippen molar-refractivity contribution in [3.8, 4) is 0 Å². The molecular formula is C15H23N3O2S. The zero-order chi connectivity index (χ0) is 14.7. The first kappa shape index (κ1) is 15.0. The zero-order valence-corrected chi connectivity index (χ0v) is 13.1. The minimum atomic E-state index is -3.22. The molecule has 0 atom stereocenters. The molecule has 0 amide bonds. The minimum Gasteiger partial charge on any atom is -0.296 e. The van der Waals surface area contributed by atoms with Crippen molar-refractivity contribution in [2.75, 3.05) is 39.3 Å². The monoisotopic (exact) mass is 309 g/mol. The first-order valence-electron chi connectivity index (χ1n) is 7.68. The molecule has 3 rings (SSSR count). The molecule has 21 heavy (non-hydrogen) atoms. The molecule has 2 saturated heterocycles. The van der Waals surface area contributed by atoms with Crippen LogP contribution in [0.25, 0.3) is 0 Å². The summed E-state index contributed by atoms with van der Waals surface area (Å²) in [5, 5.41) is 0. The fourth-order valence-electron chi connectivity index (χ4n) is 3.04. The highest BCUT2D eigenvalue weighted by atomic mass is 32.2. The van der Waals surface area contributed by atoms with Crippen molar-refractivity contribution in [2.24, 2.45) is 0 Å². The normalized spacial score (nSPS) is 22.7. The van der Waals surface area contributed by atoms with E-state index >= 15 is 0 Å². The van der Waals surface area contributed by atoms with E-state index in [1.165, 1.54) is 5.56 Å². The summed E-state index contributed by atoms with van der Waals surface area (Å²) >= 11 is 0. The van der Waals surface area contributed by atoms with Gasteiger partial charge in [-0.25, -0.2) is 0 Å². The Morgan fingerprint density at radius 2 is 1.38 bits per heavy atom. The van der Waals surface area contributed by atoms with Gasteiger partial charge in [-0.2, -0.15) is 17.0 Å². The molecule has 1 aromatic rings. The number of nitrogens with zero attached hydrogens (tertiary/aromatic N) is 3. The van der Waals surface area contributed by atoms with Crippen LogP contribution in [0.15, 0.2) is 30.3 Å². The highest BCUT2D eigenvalue weighted by molar-refractivity contribution is 7.86. The summed E-state index contributed by atoms with van der Waals surface area (Å²) < 4.78 is 28.3. The van der Waals surface area contributed by atoms with Gasteiger partial charge in [0.05, 0.1) is 0 Å². The van der Waals surface area contributed by atoms with Crippen molar-refractivity contribution in [3.63, 3.8) is 0 Å². The highest BCUT2D eigenvalue weighted by Gasteiger charge is 2.33. The quantitative estimate of drug-likeness (QED) is 0.838. The predicted molar refractivity (Wildman–Crippen MR) is 83.0 cm³/mol. The Hall–Kier alpha value is -0.950. The summed E-state index contributed by atoms with van der Waals surface area (Å²) in [5.74, 6) is 0. The molecule has 1 aromatic carbocycles. The molecule has 0 radical (unpaired) electrons. The molecule has 0 aliphatic carbocycles. The Morgan fingerprint density at radius 1 is 0.810 bits per heavy atom. The van der Waals surface area contributed by atoms with E-state index in [-0.39, 0.29) is 0 Å². The van der Waals surface area contributed by atoms with E-state index in [0.717, 1.165) is 32.5 Å². The van der Waals surface area contributed by atoms with Crippen LogP contribution in [-0.2, 0) is 16.8 Å². The lowest BCUT2D eigenvalue weighted by Gasteiger charge is -2.35. The maximum absolute atomic E-state index is 12.5. The maximum Gasteiger partial charge on any atom is 0.282 e. The molecule has 2 aliphatic rings. The molecule has 0 bridgehead atoms. The van der Waals surface area contributed by atoms with Crippen LogP contribution in [0.2, 0.25) is 0 Å². The fraction of sp³-hybridized carbons (Fsp3) is 0.600. The van der Waals surface area contributed by atoms with Crippen LogP contribution < -0.4 is 0 Å². The van der Waals surface area contributed by atoms with Crippen LogP contribution in [-0.4, -0.2) is 61.2 Å². The average Bonchev–Trinajstić information content (AvgIpc) is 3.04. The Kier molecular flexibility index (Phi) is 4.59. The molecule has 2 aliphatic heterocycles. The lowest BCUT2D eigenvalue weighted by molar-refractivity contribution is 0.176. The van der Waals surface area contributed by atoms with E-state index in [1.54, 1.807) is 8.61 Å². The number of hydrogen-bond donors (Lipinski definition) is 0. The SMILES string of the molecule is O=S(=O)(N1CCCC1)N1CCN(Cc2ccccc2)CC1. The molecule has 0 saturated carbocycles. The first-order valence-corrected chi connectivity index (χ1v) is 9.07.